The van der Waals surface area contributed by atoms with Crippen molar-refractivity contribution in [3.05, 3.63) is 11.6 Å². The summed E-state index contributed by atoms with van der Waals surface area (Å²) in [6, 6.07) is -0.425. The molecule has 9 heteroatoms. The topological polar surface area (TPSA) is 111 Å². The minimum absolute atomic E-state index is 0.0981. The van der Waals surface area contributed by atoms with E-state index in [2.05, 4.69) is 20.5 Å². The summed E-state index contributed by atoms with van der Waals surface area (Å²) in [4.78, 5) is 46.0. The maximum atomic E-state index is 13.1. The number of hydrogen-bond donors (Lipinski definition) is 2. The van der Waals surface area contributed by atoms with Gasteiger partial charge >= 0.3 is 6.03 Å². The van der Waals surface area contributed by atoms with E-state index in [0.717, 1.165) is 48.7 Å². The Morgan fingerprint density at radius 3 is 2.57 bits per heavy atom. The molecule has 4 amide bonds. The van der Waals surface area contributed by atoms with Gasteiger partial charge in [0.1, 0.15) is 17.9 Å². The molecule has 1 spiro atoms. The molecule has 0 bridgehead atoms. The number of urea groups is 1. The Hall–Kier alpha value is -2.45. The van der Waals surface area contributed by atoms with Crippen molar-refractivity contribution in [2.75, 3.05) is 19.6 Å². The van der Waals surface area contributed by atoms with Crippen LogP contribution in [0.3, 0.4) is 0 Å². The second-order valence-corrected chi connectivity index (χ2v) is 9.45. The highest BCUT2D eigenvalue weighted by molar-refractivity contribution is 6.09. The van der Waals surface area contributed by atoms with E-state index in [1.165, 1.54) is 12.8 Å². The van der Waals surface area contributed by atoms with Crippen LogP contribution in [0.5, 0.6) is 0 Å². The number of hydrogen-bond acceptors (Lipinski definition) is 5. The number of carbonyl (C=O) groups excluding carboxylic acids is 3. The van der Waals surface area contributed by atoms with Gasteiger partial charge in [0, 0.05) is 24.9 Å². The molecule has 1 aromatic heterocycles. The third kappa shape index (κ3) is 3.28. The zero-order valence-electron chi connectivity index (χ0n) is 17.5. The van der Waals surface area contributed by atoms with Crippen molar-refractivity contribution in [2.24, 2.45) is 5.92 Å². The molecular formula is C21H30N6O3. The van der Waals surface area contributed by atoms with Crippen LogP contribution in [0.1, 0.15) is 81.8 Å². The normalized spacial score (nSPS) is 30.2. The zero-order chi connectivity index (χ0) is 20.9. The summed E-state index contributed by atoms with van der Waals surface area (Å²) < 4.78 is 0. The SMILES string of the molecule is CC1CCCCC12NC(=O)N(CC(=O)N1CCC(c3nc(C4CC4)n[nH]3)CC1)C2=O. The van der Waals surface area contributed by atoms with E-state index in [-0.39, 0.29) is 30.2 Å². The van der Waals surface area contributed by atoms with Crippen molar-refractivity contribution in [1.82, 2.24) is 30.3 Å². The van der Waals surface area contributed by atoms with E-state index < -0.39 is 11.6 Å². The lowest BCUT2D eigenvalue weighted by atomic mass is 9.73. The fourth-order valence-corrected chi connectivity index (χ4v) is 5.27. The molecule has 1 aromatic rings. The molecule has 2 aliphatic carbocycles. The highest BCUT2D eigenvalue weighted by Crippen LogP contribution is 2.39. The van der Waals surface area contributed by atoms with Crippen molar-refractivity contribution in [3.63, 3.8) is 0 Å². The molecule has 0 radical (unpaired) electrons. The molecule has 2 atom stereocenters. The maximum Gasteiger partial charge on any atom is 0.325 e. The highest BCUT2D eigenvalue weighted by atomic mass is 16.2. The largest absolute Gasteiger partial charge is 0.341 e. The summed E-state index contributed by atoms with van der Waals surface area (Å²) in [5.74, 6) is 2.36. The van der Waals surface area contributed by atoms with E-state index in [1.807, 2.05) is 6.92 Å². The number of nitrogens with one attached hydrogen (secondary N) is 2. The van der Waals surface area contributed by atoms with Crippen LogP contribution >= 0.6 is 0 Å². The first kappa shape index (κ1) is 19.5. The van der Waals surface area contributed by atoms with Crippen LogP contribution in [0.15, 0.2) is 0 Å². The van der Waals surface area contributed by atoms with Crippen LogP contribution in [0.2, 0.25) is 0 Å². The summed E-state index contributed by atoms with van der Waals surface area (Å²) >= 11 is 0. The second kappa shape index (κ2) is 7.35. The van der Waals surface area contributed by atoms with Gasteiger partial charge in [0.05, 0.1) is 0 Å². The Labute approximate surface area is 176 Å². The van der Waals surface area contributed by atoms with Gasteiger partial charge in [-0.3, -0.25) is 19.6 Å². The molecular weight excluding hydrogens is 384 g/mol. The fourth-order valence-electron chi connectivity index (χ4n) is 5.27. The molecule has 162 valence electrons. The van der Waals surface area contributed by atoms with Crippen LogP contribution in [0.25, 0.3) is 0 Å². The fraction of sp³-hybridized carbons (Fsp3) is 0.762. The summed E-state index contributed by atoms with van der Waals surface area (Å²) in [6.07, 6.45) is 7.56. The van der Waals surface area contributed by atoms with Gasteiger partial charge in [0.15, 0.2) is 5.82 Å². The van der Waals surface area contributed by atoms with Gasteiger partial charge < -0.3 is 10.2 Å². The Balaban J connectivity index is 1.18. The molecule has 2 saturated heterocycles. The summed E-state index contributed by atoms with van der Waals surface area (Å²) in [5.41, 5.74) is -0.811. The molecule has 2 saturated carbocycles. The Morgan fingerprint density at radius 2 is 1.87 bits per heavy atom. The zero-order valence-corrected chi connectivity index (χ0v) is 17.5. The number of aromatic amines is 1. The van der Waals surface area contributed by atoms with Crippen LogP contribution < -0.4 is 5.32 Å². The molecule has 0 aromatic carbocycles. The number of aromatic nitrogens is 3. The van der Waals surface area contributed by atoms with Crippen molar-refractivity contribution in [1.29, 1.82) is 0 Å². The standard InChI is InChI=1S/C21H30N6O3/c1-13-4-2-3-9-21(13)19(29)27(20(30)23-21)12-16(28)26-10-7-15(8-11-26)18-22-17(24-25-18)14-5-6-14/h13-15H,2-12H2,1H3,(H,23,30)(H,22,24,25). The van der Waals surface area contributed by atoms with E-state index in [1.54, 1.807) is 4.90 Å². The van der Waals surface area contributed by atoms with Crippen LogP contribution in [-0.4, -0.2) is 68.0 Å². The second-order valence-electron chi connectivity index (χ2n) is 9.45. The van der Waals surface area contributed by atoms with Crippen LogP contribution in [0.4, 0.5) is 4.79 Å². The number of H-pyrrole nitrogens is 1. The summed E-state index contributed by atoms with van der Waals surface area (Å²) in [7, 11) is 0. The number of imide groups is 1. The molecule has 5 rings (SSSR count). The smallest absolute Gasteiger partial charge is 0.325 e. The first-order valence-electron chi connectivity index (χ1n) is 11.3. The predicted molar refractivity (Wildman–Crippen MR) is 108 cm³/mol. The number of rotatable bonds is 4. The Kier molecular flexibility index (Phi) is 4.78. The lowest BCUT2D eigenvalue weighted by Crippen LogP contribution is -2.54. The predicted octanol–water partition coefficient (Wildman–Crippen LogP) is 1.89. The minimum atomic E-state index is -0.811. The lowest BCUT2D eigenvalue weighted by Gasteiger charge is -2.37. The Morgan fingerprint density at radius 1 is 1.10 bits per heavy atom. The van der Waals surface area contributed by atoms with Crippen LogP contribution in [-0.2, 0) is 9.59 Å². The quantitative estimate of drug-likeness (QED) is 0.731. The van der Waals surface area contributed by atoms with Gasteiger partial charge in [-0.15, -0.1) is 0 Å². The van der Waals surface area contributed by atoms with Crippen molar-refractivity contribution >= 4 is 17.8 Å². The maximum absolute atomic E-state index is 13.1. The van der Waals surface area contributed by atoms with Crippen LogP contribution in [0, 0.1) is 5.92 Å². The number of amides is 4. The van der Waals surface area contributed by atoms with Gasteiger partial charge in [-0.2, -0.15) is 5.10 Å². The van der Waals surface area contributed by atoms with E-state index in [0.29, 0.717) is 25.4 Å². The summed E-state index contributed by atoms with van der Waals surface area (Å²) in [5, 5.41) is 10.3. The highest BCUT2D eigenvalue weighted by Gasteiger charge is 2.55. The Bertz CT molecular complexity index is 857. The molecule has 2 N–H and O–H groups in total. The molecule has 2 aliphatic heterocycles. The van der Waals surface area contributed by atoms with E-state index >= 15 is 0 Å². The van der Waals surface area contributed by atoms with Gasteiger partial charge in [-0.25, -0.2) is 9.78 Å². The monoisotopic (exact) mass is 414 g/mol. The van der Waals surface area contributed by atoms with E-state index in [4.69, 9.17) is 0 Å². The summed E-state index contributed by atoms with van der Waals surface area (Å²) in [6.45, 7) is 3.06. The molecule has 4 aliphatic rings. The number of piperidine rings is 1. The molecule has 30 heavy (non-hydrogen) atoms. The van der Waals surface area contributed by atoms with Crippen molar-refractivity contribution in [2.45, 2.75) is 75.7 Å². The average Bonchev–Trinajstić information content (AvgIpc) is 3.44. The minimum Gasteiger partial charge on any atom is -0.341 e. The third-order valence-electron chi connectivity index (χ3n) is 7.49. The van der Waals surface area contributed by atoms with Gasteiger partial charge in [0.2, 0.25) is 5.91 Å². The van der Waals surface area contributed by atoms with Gasteiger partial charge in [-0.1, -0.05) is 19.8 Å². The number of likely N-dealkylation sites (tertiary alicyclic amines) is 1. The lowest BCUT2D eigenvalue weighted by molar-refractivity contribution is -0.141. The molecule has 3 heterocycles. The third-order valence-corrected chi connectivity index (χ3v) is 7.49. The van der Waals surface area contributed by atoms with Gasteiger partial charge in [-0.05, 0) is 44.4 Å². The average molecular weight is 415 g/mol. The number of nitrogens with zero attached hydrogens (tertiary/aromatic N) is 4. The van der Waals surface area contributed by atoms with E-state index in [9.17, 15) is 14.4 Å². The van der Waals surface area contributed by atoms with Gasteiger partial charge in [0.25, 0.3) is 5.91 Å². The molecule has 9 nitrogen and oxygen atoms in total. The van der Waals surface area contributed by atoms with Crippen molar-refractivity contribution in [3.8, 4) is 0 Å². The first-order valence-corrected chi connectivity index (χ1v) is 11.3. The molecule has 4 fully saturated rings. The van der Waals surface area contributed by atoms with Crippen molar-refractivity contribution < 1.29 is 14.4 Å². The first-order chi connectivity index (χ1) is 14.5. The number of carbonyl (C=O) groups is 3. The molecule has 2 unspecified atom stereocenters.